The van der Waals surface area contributed by atoms with Crippen molar-refractivity contribution in [2.24, 2.45) is 0 Å². The summed E-state index contributed by atoms with van der Waals surface area (Å²) in [5.41, 5.74) is 0. The molecule has 0 saturated carbocycles. The van der Waals surface area contributed by atoms with Crippen LogP contribution < -0.4 is 5.32 Å². The third kappa shape index (κ3) is 36.2. The summed E-state index contributed by atoms with van der Waals surface area (Å²) in [6, 6.07) is -1.05. The molecule has 8 unspecified atom stereocenters. The van der Waals surface area contributed by atoms with E-state index < -0.39 is 67.4 Å². The van der Waals surface area contributed by atoms with Crippen molar-refractivity contribution in [3.8, 4) is 0 Å². The largest absolute Gasteiger partial charge is 0.454 e. The van der Waals surface area contributed by atoms with Gasteiger partial charge in [0, 0.05) is 6.42 Å². The van der Waals surface area contributed by atoms with Gasteiger partial charge in [-0.2, -0.15) is 0 Å². The van der Waals surface area contributed by atoms with E-state index in [2.05, 4.69) is 44.3 Å². The Balaban J connectivity index is 2.82. The maximum atomic E-state index is 13.4. The van der Waals surface area contributed by atoms with E-state index in [0.29, 0.717) is 12.8 Å². The van der Waals surface area contributed by atoms with Crippen LogP contribution in [0.15, 0.2) is 97.2 Å². The van der Waals surface area contributed by atoms with Crippen molar-refractivity contribution in [2.45, 2.75) is 256 Å². The number of amides is 1. The normalized spacial score (nSPS) is 20.4. The molecule has 0 radical (unpaired) electrons. The molecule has 6 N–H and O–H groups in total. The molecule has 1 fully saturated rings. The van der Waals surface area contributed by atoms with Crippen LogP contribution in [0.25, 0.3) is 0 Å². The summed E-state index contributed by atoms with van der Waals surface area (Å²) in [5.74, 6) is -1.27. The molecular formula is C60H101NO10. The Morgan fingerprint density at radius 3 is 1.56 bits per heavy atom. The lowest BCUT2D eigenvalue weighted by molar-refractivity contribution is -0.305. The van der Waals surface area contributed by atoms with Gasteiger partial charge in [0.15, 0.2) is 12.4 Å². The maximum Gasteiger partial charge on any atom is 0.306 e. The molecule has 8 atom stereocenters. The number of carbonyl (C=O) groups is 2. The lowest BCUT2D eigenvalue weighted by Gasteiger charge is -2.41. The van der Waals surface area contributed by atoms with Gasteiger partial charge in [0.2, 0.25) is 5.91 Å². The van der Waals surface area contributed by atoms with Crippen molar-refractivity contribution in [2.75, 3.05) is 13.2 Å². The fourth-order valence-corrected chi connectivity index (χ4v) is 8.15. The number of aliphatic hydroxyl groups excluding tert-OH is 5. The van der Waals surface area contributed by atoms with E-state index in [4.69, 9.17) is 14.2 Å². The van der Waals surface area contributed by atoms with E-state index in [1.54, 1.807) is 6.08 Å². The third-order valence-corrected chi connectivity index (χ3v) is 12.6. The molecule has 0 bridgehead atoms. The van der Waals surface area contributed by atoms with Crippen molar-refractivity contribution < 1.29 is 49.3 Å². The number of aliphatic hydroxyl groups is 5. The molecule has 0 aromatic heterocycles. The predicted octanol–water partition coefficient (Wildman–Crippen LogP) is 12.4. The smallest absolute Gasteiger partial charge is 0.306 e. The summed E-state index contributed by atoms with van der Waals surface area (Å²) in [6.45, 7) is 5.57. The van der Waals surface area contributed by atoms with Crippen LogP contribution in [0.2, 0.25) is 0 Å². The van der Waals surface area contributed by atoms with E-state index in [-0.39, 0.29) is 19.4 Å². The van der Waals surface area contributed by atoms with Crippen LogP contribution >= 0.6 is 0 Å². The Kier molecular flexibility index (Phi) is 44.0. The summed E-state index contributed by atoms with van der Waals surface area (Å²) >= 11 is 0. The molecule has 1 saturated heterocycles. The van der Waals surface area contributed by atoms with Crippen LogP contribution in [-0.4, -0.2) is 99.6 Å². The Morgan fingerprint density at radius 2 is 1.03 bits per heavy atom. The molecule has 0 spiro atoms. The number of rotatable bonds is 45. The van der Waals surface area contributed by atoms with Crippen molar-refractivity contribution in [1.29, 1.82) is 0 Å². The number of esters is 1. The minimum Gasteiger partial charge on any atom is -0.454 e. The summed E-state index contributed by atoms with van der Waals surface area (Å²) in [7, 11) is 0. The molecule has 0 aliphatic carbocycles. The second-order valence-electron chi connectivity index (χ2n) is 19.1. The van der Waals surface area contributed by atoms with Crippen LogP contribution in [0.1, 0.15) is 207 Å². The van der Waals surface area contributed by atoms with Gasteiger partial charge in [0.25, 0.3) is 0 Å². The first-order valence-electron chi connectivity index (χ1n) is 28.1. The summed E-state index contributed by atoms with van der Waals surface area (Å²) < 4.78 is 17.5. The van der Waals surface area contributed by atoms with Gasteiger partial charge in [0.05, 0.1) is 25.4 Å². The number of allylic oxidation sites excluding steroid dienone is 15. The van der Waals surface area contributed by atoms with Gasteiger partial charge in [-0.05, 0) is 70.6 Å². The van der Waals surface area contributed by atoms with Crippen molar-refractivity contribution in [1.82, 2.24) is 5.32 Å². The second kappa shape index (κ2) is 47.6. The van der Waals surface area contributed by atoms with Gasteiger partial charge in [0.1, 0.15) is 24.4 Å². The van der Waals surface area contributed by atoms with Gasteiger partial charge < -0.3 is 45.1 Å². The zero-order valence-electron chi connectivity index (χ0n) is 44.6. The number of carbonyl (C=O) groups excluding carboxylic acids is 2. The fraction of sp³-hybridized carbons (Fsp3) is 0.700. The monoisotopic (exact) mass is 996 g/mol. The summed E-state index contributed by atoms with van der Waals surface area (Å²) in [5, 5.41) is 56.7. The number of nitrogens with one attached hydrogen (secondary N) is 1. The second-order valence-corrected chi connectivity index (χ2v) is 19.1. The average molecular weight is 996 g/mol. The molecule has 1 aliphatic heterocycles. The minimum absolute atomic E-state index is 0.0926. The molecule has 11 nitrogen and oxygen atoms in total. The van der Waals surface area contributed by atoms with E-state index in [1.807, 2.05) is 72.9 Å². The SMILES string of the molecule is CC\C=C/C=C/C=C/C=C\C=C\C=C\CCCCC(O)C(=O)NC(COC1OC(CO)C(O)C(O)C1OC(=O)CCCCC/C=C\CCCCCCCC)C(O)/C=C/CCCCCCCCCCCCC. The lowest BCUT2D eigenvalue weighted by atomic mass is 9.99. The Hall–Kier alpha value is -3.42. The zero-order valence-corrected chi connectivity index (χ0v) is 44.6. The van der Waals surface area contributed by atoms with E-state index in [1.165, 1.54) is 89.9 Å². The van der Waals surface area contributed by atoms with Gasteiger partial charge in [-0.1, -0.05) is 227 Å². The molecular weight excluding hydrogens is 895 g/mol. The lowest BCUT2D eigenvalue weighted by Crippen LogP contribution is -2.61. The molecule has 1 heterocycles. The summed E-state index contributed by atoms with van der Waals surface area (Å²) in [6.07, 6.45) is 51.6. The maximum absolute atomic E-state index is 13.4. The van der Waals surface area contributed by atoms with Gasteiger partial charge >= 0.3 is 5.97 Å². The van der Waals surface area contributed by atoms with E-state index in [0.717, 1.165) is 70.6 Å². The molecule has 1 aliphatic rings. The highest BCUT2D eigenvalue weighted by atomic mass is 16.7. The first kappa shape index (κ1) is 65.6. The number of unbranched alkanes of at least 4 members (excludes halogenated alkanes) is 22. The summed E-state index contributed by atoms with van der Waals surface area (Å²) in [4.78, 5) is 26.4. The highest BCUT2D eigenvalue weighted by Crippen LogP contribution is 2.26. The Bertz CT molecular complexity index is 1520. The van der Waals surface area contributed by atoms with Gasteiger partial charge in [-0.25, -0.2) is 0 Å². The van der Waals surface area contributed by atoms with Crippen molar-refractivity contribution >= 4 is 11.9 Å². The average Bonchev–Trinajstić information content (AvgIpc) is 3.37. The molecule has 406 valence electrons. The van der Waals surface area contributed by atoms with Crippen LogP contribution in [0, 0.1) is 0 Å². The van der Waals surface area contributed by atoms with Gasteiger partial charge in [-0.3, -0.25) is 9.59 Å². The zero-order chi connectivity index (χ0) is 51.8. The highest BCUT2D eigenvalue weighted by molar-refractivity contribution is 5.80. The molecule has 71 heavy (non-hydrogen) atoms. The van der Waals surface area contributed by atoms with Crippen LogP contribution in [0.3, 0.4) is 0 Å². The first-order valence-corrected chi connectivity index (χ1v) is 28.1. The molecule has 11 heteroatoms. The Labute approximate surface area is 431 Å². The van der Waals surface area contributed by atoms with Crippen molar-refractivity contribution in [3.63, 3.8) is 0 Å². The first-order chi connectivity index (χ1) is 34.7. The highest BCUT2D eigenvalue weighted by Gasteiger charge is 2.47. The number of hydrogen-bond donors (Lipinski definition) is 6. The predicted molar refractivity (Wildman–Crippen MR) is 292 cm³/mol. The molecule has 1 amide bonds. The van der Waals surface area contributed by atoms with Crippen LogP contribution in [0.4, 0.5) is 0 Å². The third-order valence-electron chi connectivity index (χ3n) is 12.6. The number of ether oxygens (including phenoxy) is 3. The van der Waals surface area contributed by atoms with E-state index in [9.17, 15) is 35.1 Å². The fourth-order valence-electron chi connectivity index (χ4n) is 8.15. The molecule has 0 aromatic rings. The molecule has 1 rings (SSSR count). The number of hydrogen-bond acceptors (Lipinski definition) is 10. The van der Waals surface area contributed by atoms with Crippen molar-refractivity contribution in [3.05, 3.63) is 97.2 Å². The Morgan fingerprint density at radius 1 is 0.563 bits per heavy atom. The molecule has 0 aromatic carbocycles. The van der Waals surface area contributed by atoms with Gasteiger partial charge in [-0.15, -0.1) is 0 Å². The topological polar surface area (TPSA) is 175 Å². The minimum atomic E-state index is -1.63. The quantitative estimate of drug-likeness (QED) is 0.0149. The van der Waals surface area contributed by atoms with Crippen LogP contribution in [0.5, 0.6) is 0 Å². The van der Waals surface area contributed by atoms with E-state index >= 15 is 0 Å². The standard InChI is InChI=1S/C60H101NO10/c1-4-7-10-13-16-19-22-25-26-27-30-32-35-38-41-44-47-53(64)59(68)61-51(52(63)46-43-40-37-34-31-28-23-20-17-14-11-8-5-2)50-69-60-58(57(67)56(66)54(49-62)70-60)71-55(65)48-45-42-39-36-33-29-24-21-18-15-12-9-6-3/h7,10,13,16,19,22,25-27,29-30,32-33,35,43,46,51-54,56-58,60,62-64,66-67H,4-6,8-9,11-12,14-15,17-18,20-21,23-24,28,31,34,36-42,44-45,47-50H2,1-3H3,(H,61,68)/b10-7-,16-13+,22-19+,26-25-,30-27+,33-29-,35-32+,46-43+. The van der Waals surface area contributed by atoms with Crippen LogP contribution in [-0.2, 0) is 23.8 Å².